The number of benzene rings is 2. The van der Waals surface area contributed by atoms with Gasteiger partial charge in [-0.15, -0.1) is 0 Å². The quantitative estimate of drug-likeness (QED) is 0.776. The Bertz CT molecular complexity index is 919. The van der Waals surface area contributed by atoms with Crippen molar-refractivity contribution in [2.75, 3.05) is 23.0 Å². The van der Waals surface area contributed by atoms with Gasteiger partial charge in [-0.25, -0.2) is 8.42 Å². The van der Waals surface area contributed by atoms with Gasteiger partial charge < -0.3 is 10.1 Å². The van der Waals surface area contributed by atoms with Crippen molar-refractivity contribution in [2.24, 2.45) is 0 Å². The molecule has 0 saturated heterocycles. The van der Waals surface area contributed by atoms with E-state index in [0.717, 1.165) is 10.6 Å². The molecule has 0 heterocycles. The fourth-order valence-corrected chi connectivity index (χ4v) is 3.89. The highest BCUT2D eigenvalue weighted by molar-refractivity contribution is 7.92. The molecule has 1 N–H and O–H groups in total. The average Bonchev–Trinajstić information content (AvgIpc) is 2.57. The fraction of sp³-hybridized carbons (Fsp3) is 0.235. The summed E-state index contributed by atoms with van der Waals surface area (Å²) in [5.41, 5.74) is 0.613. The van der Waals surface area contributed by atoms with Crippen LogP contribution in [0.2, 0.25) is 10.0 Å². The second-order valence-electron chi connectivity index (χ2n) is 5.55. The summed E-state index contributed by atoms with van der Waals surface area (Å²) in [6, 6.07) is 10.0. The molecule has 0 aromatic heterocycles. The zero-order valence-electron chi connectivity index (χ0n) is 14.4. The molecule has 0 saturated carbocycles. The highest BCUT2D eigenvalue weighted by Gasteiger charge is 2.29. The van der Waals surface area contributed by atoms with Crippen LogP contribution in [0.4, 0.5) is 11.4 Å². The van der Waals surface area contributed by atoms with Crippen molar-refractivity contribution in [1.82, 2.24) is 0 Å². The van der Waals surface area contributed by atoms with Gasteiger partial charge in [0.15, 0.2) is 0 Å². The highest BCUT2D eigenvalue weighted by atomic mass is 35.5. The van der Waals surface area contributed by atoms with E-state index >= 15 is 0 Å². The molecule has 140 valence electrons. The number of nitrogens with one attached hydrogen (secondary N) is 1. The number of carbonyl (C=O) groups excluding carboxylic acids is 1. The number of methoxy groups -OCH3 is 1. The number of carbonyl (C=O) groups is 1. The first-order chi connectivity index (χ1) is 12.1. The first kappa shape index (κ1) is 20.4. The van der Waals surface area contributed by atoms with Crippen LogP contribution in [0, 0.1) is 0 Å². The molecular weight excluding hydrogens is 399 g/mol. The molecule has 2 aromatic carbocycles. The average molecular weight is 417 g/mol. The number of sulfonamides is 1. The minimum Gasteiger partial charge on any atom is -0.497 e. The van der Waals surface area contributed by atoms with E-state index in [0.29, 0.717) is 27.2 Å². The number of amides is 1. The smallest absolute Gasteiger partial charge is 0.248 e. The van der Waals surface area contributed by atoms with Crippen molar-refractivity contribution < 1.29 is 17.9 Å². The van der Waals surface area contributed by atoms with Gasteiger partial charge in [0.1, 0.15) is 11.8 Å². The Hall–Kier alpha value is -1.96. The third-order valence-corrected chi connectivity index (χ3v) is 5.39. The Balaban J connectivity index is 2.36. The van der Waals surface area contributed by atoms with Crippen LogP contribution < -0.4 is 14.4 Å². The summed E-state index contributed by atoms with van der Waals surface area (Å²) < 4.78 is 30.8. The van der Waals surface area contributed by atoms with Crippen LogP contribution in [0.25, 0.3) is 0 Å². The zero-order valence-corrected chi connectivity index (χ0v) is 16.7. The molecule has 0 aliphatic carbocycles. The molecular formula is C17H18Cl2N2O4S. The normalized spacial score (nSPS) is 12.3. The van der Waals surface area contributed by atoms with Crippen molar-refractivity contribution in [3.63, 3.8) is 0 Å². The molecule has 0 unspecified atom stereocenters. The lowest BCUT2D eigenvalue weighted by molar-refractivity contribution is -0.116. The molecule has 0 fully saturated rings. The van der Waals surface area contributed by atoms with Gasteiger partial charge in [0.2, 0.25) is 15.9 Å². The second-order valence-corrected chi connectivity index (χ2v) is 8.25. The largest absolute Gasteiger partial charge is 0.497 e. The van der Waals surface area contributed by atoms with Crippen molar-refractivity contribution in [2.45, 2.75) is 13.0 Å². The summed E-state index contributed by atoms with van der Waals surface area (Å²) in [7, 11) is -2.27. The Labute approximate surface area is 162 Å². The van der Waals surface area contributed by atoms with Crippen molar-refractivity contribution in [3.8, 4) is 5.75 Å². The highest BCUT2D eigenvalue weighted by Crippen LogP contribution is 2.28. The Kier molecular flexibility index (Phi) is 6.39. The van der Waals surface area contributed by atoms with Gasteiger partial charge in [-0.2, -0.15) is 0 Å². The molecule has 0 spiro atoms. The van der Waals surface area contributed by atoms with Gasteiger partial charge in [0, 0.05) is 11.1 Å². The minimum atomic E-state index is -3.74. The van der Waals surface area contributed by atoms with E-state index in [-0.39, 0.29) is 0 Å². The number of ether oxygens (including phenoxy) is 1. The molecule has 2 rings (SSSR count). The maximum atomic E-state index is 12.6. The number of hydrogen-bond acceptors (Lipinski definition) is 4. The Morgan fingerprint density at radius 3 is 2.50 bits per heavy atom. The lowest BCUT2D eigenvalue weighted by Gasteiger charge is -2.28. The molecule has 0 radical (unpaired) electrons. The standard InChI is InChI=1S/C17H18Cl2N2O4S/c1-11(17(22)20-16-9-12(18)7-8-15(16)19)21(26(3,23)24)13-5-4-6-14(10-13)25-2/h4-11H,1-3H3,(H,20,22)/t11-/m1/s1. The summed E-state index contributed by atoms with van der Waals surface area (Å²) in [5.74, 6) is -0.0796. The first-order valence-electron chi connectivity index (χ1n) is 7.53. The predicted octanol–water partition coefficient (Wildman–Crippen LogP) is 3.80. The van der Waals surface area contributed by atoms with Crippen LogP contribution in [0.15, 0.2) is 42.5 Å². The second kappa shape index (κ2) is 8.16. The predicted molar refractivity (Wildman–Crippen MR) is 105 cm³/mol. The van der Waals surface area contributed by atoms with Crippen LogP contribution in [0.1, 0.15) is 6.92 Å². The molecule has 0 aliphatic rings. The molecule has 1 amide bonds. The molecule has 0 bridgehead atoms. The molecule has 2 aromatic rings. The molecule has 0 aliphatic heterocycles. The number of nitrogens with zero attached hydrogens (tertiary/aromatic N) is 1. The lowest BCUT2D eigenvalue weighted by atomic mass is 10.2. The van der Waals surface area contributed by atoms with Crippen LogP contribution in [-0.2, 0) is 14.8 Å². The van der Waals surface area contributed by atoms with Crippen molar-refractivity contribution >= 4 is 50.5 Å². The van der Waals surface area contributed by atoms with E-state index in [1.807, 2.05) is 0 Å². The van der Waals surface area contributed by atoms with Gasteiger partial charge in [-0.1, -0.05) is 29.3 Å². The third kappa shape index (κ3) is 4.81. The molecule has 9 heteroatoms. The van der Waals surface area contributed by atoms with Crippen LogP contribution in [-0.4, -0.2) is 33.7 Å². The maximum Gasteiger partial charge on any atom is 0.248 e. The topological polar surface area (TPSA) is 75.7 Å². The van der Waals surface area contributed by atoms with E-state index < -0.39 is 22.0 Å². The molecule has 6 nitrogen and oxygen atoms in total. The zero-order chi connectivity index (χ0) is 19.5. The Morgan fingerprint density at radius 1 is 1.19 bits per heavy atom. The Morgan fingerprint density at radius 2 is 1.88 bits per heavy atom. The van der Waals surface area contributed by atoms with E-state index in [1.54, 1.807) is 30.3 Å². The summed E-state index contributed by atoms with van der Waals surface area (Å²) >= 11 is 12.0. The van der Waals surface area contributed by atoms with Crippen LogP contribution >= 0.6 is 23.2 Å². The van der Waals surface area contributed by atoms with Gasteiger partial charge in [-0.05, 0) is 37.3 Å². The number of halogens is 2. The van der Waals surface area contributed by atoms with Crippen molar-refractivity contribution in [1.29, 1.82) is 0 Å². The SMILES string of the molecule is COc1cccc(N([C@H](C)C(=O)Nc2cc(Cl)ccc2Cl)S(C)(=O)=O)c1. The van der Waals surface area contributed by atoms with E-state index in [2.05, 4.69) is 5.32 Å². The first-order valence-corrected chi connectivity index (χ1v) is 10.1. The van der Waals surface area contributed by atoms with Gasteiger partial charge in [0.05, 0.1) is 29.8 Å². The monoisotopic (exact) mass is 416 g/mol. The number of hydrogen-bond donors (Lipinski definition) is 1. The van der Waals surface area contributed by atoms with Crippen molar-refractivity contribution in [3.05, 3.63) is 52.5 Å². The van der Waals surface area contributed by atoms with Crippen LogP contribution in [0.3, 0.4) is 0 Å². The molecule has 26 heavy (non-hydrogen) atoms. The van der Waals surface area contributed by atoms with E-state index in [9.17, 15) is 13.2 Å². The summed E-state index contributed by atoms with van der Waals surface area (Å²) in [6.45, 7) is 1.48. The van der Waals surface area contributed by atoms with Crippen LogP contribution in [0.5, 0.6) is 5.75 Å². The van der Waals surface area contributed by atoms with Gasteiger partial charge >= 0.3 is 0 Å². The third-order valence-electron chi connectivity index (χ3n) is 3.58. The fourth-order valence-electron chi connectivity index (χ4n) is 2.39. The van der Waals surface area contributed by atoms with E-state index in [4.69, 9.17) is 27.9 Å². The van der Waals surface area contributed by atoms with Gasteiger partial charge in [-0.3, -0.25) is 9.10 Å². The van der Waals surface area contributed by atoms with E-state index in [1.165, 1.54) is 26.2 Å². The van der Waals surface area contributed by atoms with Gasteiger partial charge in [0.25, 0.3) is 0 Å². The minimum absolute atomic E-state index is 0.294. The summed E-state index contributed by atoms with van der Waals surface area (Å²) in [6.07, 6.45) is 1.03. The number of rotatable bonds is 6. The molecule has 1 atom stereocenters. The number of anilines is 2. The lowest BCUT2D eigenvalue weighted by Crippen LogP contribution is -2.45. The summed E-state index contributed by atoms with van der Waals surface area (Å²) in [5, 5.41) is 3.30. The summed E-state index contributed by atoms with van der Waals surface area (Å²) in [4.78, 5) is 12.6. The maximum absolute atomic E-state index is 12.6.